The first-order chi connectivity index (χ1) is 13.2. The lowest BCUT2D eigenvalue weighted by Gasteiger charge is -2.26. The lowest BCUT2D eigenvalue weighted by Crippen LogP contribution is -2.39. The van der Waals surface area contributed by atoms with Crippen molar-refractivity contribution in [3.63, 3.8) is 0 Å². The van der Waals surface area contributed by atoms with Crippen molar-refractivity contribution in [3.05, 3.63) is 78.1 Å². The number of nitrogens with one attached hydrogen (secondary N) is 1. The number of halogens is 1. The molecule has 1 atom stereocenters. The predicted molar refractivity (Wildman–Crippen MR) is 102 cm³/mol. The second kappa shape index (κ2) is 8.77. The highest BCUT2D eigenvalue weighted by molar-refractivity contribution is 7.89. The Hall–Kier alpha value is -3.04. The summed E-state index contributed by atoms with van der Waals surface area (Å²) in [6.45, 7) is 3.51. The zero-order valence-electron chi connectivity index (χ0n) is 15.1. The molecule has 2 rings (SSSR count). The molecule has 0 bridgehead atoms. The van der Waals surface area contributed by atoms with Crippen LogP contribution in [0.4, 0.5) is 4.39 Å². The van der Waals surface area contributed by atoms with Crippen LogP contribution < -0.4 is 10.5 Å². The highest BCUT2D eigenvalue weighted by atomic mass is 32.2. The van der Waals surface area contributed by atoms with Crippen LogP contribution in [-0.4, -0.2) is 38.7 Å². The summed E-state index contributed by atoms with van der Waals surface area (Å²) in [5, 5.41) is 0. The first-order valence-electron chi connectivity index (χ1n) is 8.20. The summed E-state index contributed by atoms with van der Waals surface area (Å²) in [5.74, 6) is -1.96. The Morgan fingerprint density at radius 3 is 2.43 bits per heavy atom. The average molecular weight is 405 g/mol. The predicted octanol–water partition coefficient (Wildman–Crippen LogP) is 1.59. The Kier molecular flexibility index (Phi) is 6.66. The number of rotatable bonds is 8. The zero-order valence-corrected chi connectivity index (χ0v) is 15.9. The van der Waals surface area contributed by atoms with E-state index in [9.17, 15) is 22.4 Å². The van der Waals surface area contributed by atoms with Gasteiger partial charge in [0, 0.05) is 19.2 Å². The molecular formula is C19H20FN3O4S. The fourth-order valence-corrected chi connectivity index (χ4v) is 3.60. The molecule has 28 heavy (non-hydrogen) atoms. The Balaban J connectivity index is 2.28. The van der Waals surface area contributed by atoms with E-state index >= 15 is 0 Å². The highest BCUT2D eigenvalue weighted by Gasteiger charge is 2.28. The summed E-state index contributed by atoms with van der Waals surface area (Å²) in [6.07, 6.45) is 1.40. The van der Waals surface area contributed by atoms with Gasteiger partial charge in [0.15, 0.2) is 0 Å². The van der Waals surface area contributed by atoms with E-state index < -0.39 is 33.7 Å². The number of sulfonamides is 1. The molecule has 0 aromatic heterocycles. The third kappa shape index (κ3) is 4.81. The molecule has 0 radical (unpaired) electrons. The summed E-state index contributed by atoms with van der Waals surface area (Å²) in [4.78, 5) is 25.7. The lowest BCUT2D eigenvalue weighted by atomic mass is 10.0. The third-order valence-electron chi connectivity index (χ3n) is 3.97. The molecule has 1 unspecified atom stereocenters. The molecule has 2 aromatic carbocycles. The van der Waals surface area contributed by atoms with Gasteiger partial charge in [-0.2, -0.15) is 0 Å². The van der Waals surface area contributed by atoms with E-state index in [1.807, 2.05) is 0 Å². The number of likely N-dealkylation sites (N-methyl/N-ethyl adjacent to an activating group) is 1. The van der Waals surface area contributed by atoms with Gasteiger partial charge in [-0.3, -0.25) is 9.59 Å². The van der Waals surface area contributed by atoms with E-state index in [0.717, 1.165) is 11.0 Å². The van der Waals surface area contributed by atoms with Gasteiger partial charge < -0.3 is 10.6 Å². The number of primary amides is 1. The molecule has 2 amide bonds. The number of nitrogens with two attached hydrogens (primary N) is 1. The Bertz CT molecular complexity index is 990. The van der Waals surface area contributed by atoms with Crippen molar-refractivity contribution in [2.24, 2.45) is 5.73 Å². The molecule has 2 aromatic rings. The van der Waals surface area contributed by atoms with Crippen molar-refractivity contribution in [2.45, 2.75) is 10.9 Å². The first kappa shape index (κ1) is 21.3. The van der Waals surface area contributed by atoms with Crippen LogP contribution in [0, 0.1) is 5.82 Å². The third-order valence-corrected chi connectivity index (χ3v) is 5.41. The summed E-state index contributed by atoms with van der Waals surface area (Å²) in [5.41, 5.74) is 5.79. The number of hydrogen-bond acceptors (Lipinski definition) is 4. The van der Waals surface area contributed by atoms with Crippen LogP contribution in [0.3, 0.4) is 0 Å². The molecule has 7 nitrogen and oxygen atoms in total. The zero-order chi connectivity index (χ0) is 20.9. The fourth-order valence-electron chi connectivity index (χ4n) is 2.60. The minimum atomic E-state index is -3.72. The van der Waals surface area contributed by atoms with Crippen molar-refractivity contribution in [1.82, 2.24) is 9.62 Å². The Morgan fingerprint density at radius 2 is 1.89 bits per heavy atom. The van der Waals surface area contributed by atoms with Crippen LogP contribution in [0.15, 0.2) is 66.1 Å². The largest absolute Gasteiger partial charge is 0.368 e. The Labute approximate surface area is 162 Å². The molecule has 0 saturated carbocycles. The Morgan fingerprint density at radius 1 is 1.25 bits per heavy atom. The molecule has 0 fully saturated rings. The molecule has 148 valence electrons. The smallest absolute Gasteiger partial charge is 0.254 e. The first-order valence-corrected chi connectivity index (χ1v) is 9.68. The van der Waals surface area contributed by atoms with Crippen LogP contribution >= 0.6 is 0 Å². The SMILES string of the molecule is C=CCNS(=O)(=O)c1ccc(C(=O)N(C)C(C(N)=O)c2cccc(F)c2)cc1. The monoisotopic (exact) mass is 405 g/mol. The van der Waals surface area contributed by atoms with Crippen molar-refractivity contribution < 1.29 is 22.4 Å². The van der Waals surface area contributed by atoms with Gasteiger partial charge in [-0.25, -0.2) is 17.5 Å². The molecule has 0 aliphatic carbocycles. The minimum absolute atomic E-state index is 0.0230. The molecule has 9 heteroatoms. The number of carbonyl (C=O) groups excluding carboxylic acids is 2. The number of nitrogens with zero attached hydrogens (tertiary/aromatic N) is 1. The van der Waals surface area contributed by atoms with Crippen LogP contribution in [0.5, 0.6) is 0 Å². The fraction of sp³-hybridized carbons (Fsp3) is 0.158. The van der Waals surface area contributed by atoms with E-state index in [0.29, 0.717) is 0 Å². The second-order valence-electron chi connectivity index (χ2n) is 5.94. The molecule has 3 N–H and O–H groups in total. The van der Waals surface area contributed by atoms with E-state index in [2.05, 4.69) is 11.3 Å². The molecular weight excluding hydrogens is 385 g/mol. The summed E-state index contributed by atoms with van der Waals surface area (Å²) >= 11 is 0. The molecule has 0 aliphatic rings. The summed E-state index contributed by atoms with van der Waals surface area (Å²) < 4.78 is 40.0. The maximum Gasteiger partial charge on any atom is 0.254 e. The lowest BCUT2D eigenvalue weighted by molar-refractivity contribution is -0.122. The van der Waals surface area contributed by atoms with Crippen molar-refractivity contribution in [3.8, 4) is 0 Å². The summed E-state index contributed by atoms with van der Waals surface area (Å²) in [7, 11) is -2.36. The molecule has 0 aliphatic heterocycles. The topological polar surface area (TPSA) is 110 Å². The minimum Gasteiger partial charge on any atom is -0.368 e. The van der Waals surface area contributed by atoms with Crippen LogP contribution in [0.1, 0.15) is 22.0 Å². The van der Waals surface area contributed by atoms with Crippen LogP contribution in [-0.2, 0) is 14.8 Å². The summed E-state index contributed by atoms with van der Waals surface area (Å²) in [6, 6.07) is 9.25. The van der Waals surface area contributed by atoms with Crippen LogP contribution in [0.2, 0.25) is 0 Å². The van der Waals surface area contributed by atoms with Gasteiger partial charge in [0.25, 0.3) is 5.91 Å². The molecule has 0 spiro atoms. The number of benzene rings is 2. The number of amides is 2. The van der Waals surface area contributed by atoms with E-state index in [1.165, 1.54) is 55.6 Å². The normalized spacial score (nSPS) is 12.2. The quantitative estimate of drug-likeness (QED) is 0.650. The van der Waals surface area contributed by atoms with Gasteiger partial charge in [0.2, 0.25) is 15.9 Å². The van der Waals surface area contributed by atoms with Crippen molar-refractivity contribution in [1.29, 1.82) is 0 Å². The maximum absolute atomic E-state index is 13.5. The average Bonchev–Trinajstić information content (AvgIpc) is 2.66. The number of carbonyl (C=O) groups is 2. The molecule has 0 saturated heterocycles. The van der Waals surface area contributed by atoms with Crippen molar-refractivity contribution >= 4 is 21.8 Å². The highest BCUT2D eigenvalue weighted by Crippen LogP contribution is 2.22. The molecule has 0 heterocycles. The van der Waals surface area contributed by atoms with E-state index in [4.69, 9.17) is 5.73 Å². The van der Waals surface area contributed by atoms with Gasteiger partial charge >= 0.3 is 0 Å². The van der Waals surface area contributed by atoms with Gasteiger partial charge in [0.05, 0.1) is 4.90 Å². The number of hydrogen-bond donors (Lipinski definition) is 2. The maximum atomic E-state index is 13.5. The second-order valence-corrected chi connectivity index (χ2v) is 7.71. The van der Waals surface area contributed by atoms with Gasteiger partial charge in [-0.15, -0.1) is 6.58 Å². The van der Waals surface area contributed by atoms with Gasteiger partial charge in [0.1, 0.15) is 11.9 Å². The van der Waals surface area contributed by atoms with Gasteiger partial charge in [-0.1, -0.05) is 18.2 Å². The van der Waals surface area contributed by atoms with E-state index in [-0.39, 0.29) is 22.6 Å². The van der Waals surface area contributed by atoms with Gasteiger partial charge in [-0.05, 0) is 42.0 Å². The van der Waals surface area contributed by atoms with Crippen LogP contribution in [0.25, 0.3) is 0 Å². The van der Waals surface area contributed by atoms with E-state index in [1.54, 1.807) is 0 Å². The standard InChI is InChI=1S/C19H20FN3O4S/c1-3-11-22-28(26,27)16-9-7-13(8-10-16)19(25)23(2)17(18(21)24)14-5-4-6-15(20)12-14/h3-10,12,17,22H,1,11H2,2H3,(H2,21,24). The van der Waals surface area contributed by atoms with Crippen molar-refractivity contribution in [2.75, 3.05) is 13.6 Å².